The highest BCUT2D eigenvalue weighted by atomic mass is 35.5. The molecule has 5 nitrogen and oxygen atoms in total. The van der Waals surface area contributed by atoms with Gasteiger partial charge in [0.15, 0.2) is 5.11 Å². The number of rotatable bonds is 5. The summed E-state index contributed by atoms with van der Waals surface area (Å²) < 4.78 is 11.2. The summed E-state index contributed by atoms with van der Waals surface area (Å²) in [6.07, 6.45) is 4.00. The molecule has 0 spiro atoms. The summed E-state index contributed by atoms with van der Waals surface area (Å²) in [4.78, 5) is 0. The van der Waals surface area contributed by atoms with Gasteiger partial charge in [-0.1, -0.05) is 11.6 Å². The molecule has 0 saturated carbocycles. The molecule has 1 aliphatic heterocycles. The van der Waals surface area contributed by atoms with Crippen LogP contribution in [0.2, 0.25) is 5.02 Å². The first-order chi connectivity index (χ1) is 11.7. The van der Waals surface area contributed by atoms with Crippen LogP contribution in [0.4, 0.5) is 0 Å². The molecule has 1 aromatic carbocycles. The molecule has 3 rings (SSSR count). The molecule has 2 heterocycles. The predicted octanol–water partition coefficient (Wildman–Crippen LogP) is 3.58. The summed E-state index contributed by atoms with van der Waals surface area (Å²) in [5.41, 5.74) is 3.73. The van der Waals surface area contributed by atoms with Gasteiger partial charge in [0, 0.05) is 23.7 Å². The molecule has 1 saturated heterocycles. The number of halogens is 1. The van der Waals surface area contributed by atoms with E-state index in [1.165, 1.54) is 0 Å². The third-order valence-corrected chi connectivity index (χ3v) is 4.12. The number of hydrazone groups is 1. The Morgan fingerprint density at radius 2 is 2.12 bits per heavy atom. The number of nitrogens with one attached hydrogen (secondary N) is 2. The first-order valence-corrected chi connectivity index (χ1v) is 8.53. The minimum atomic E-state index is 0.237. The maximum Gasteiger partial charge on any atom is 0.187 e. The third-order valence-electron chi connectivity index (χ3n) is 3.63. The van der Waals surface area contributed by atoms with E-state index in [-0.39, 0.29) is 6.10 Å². The summed E-state index contributed by atoms with van der Waals surface area (Å²) in [6.45, 7) is 1.53. The van der Waals surface area contributed by atoms with Crippen LogP contribution in [0.25, 0.3) is 11.3 Å². The summed E-state index contributed by atoms with van der Waals surface area (Å²) in [6, 6.07) is 11.2. The minimum Gasteiger partial charge on any atom is -0.455 e. The Labute approximate surface area is 151 Å². The lowest BCUT2D eigenvalue weighted by Gasteiger charge is -2.11. The van der Waals surface area contributed by atoms with Crippen molar-refractivity contribution in [1.29, 1.82) is 0 Å². The predicted molar refractivity (Wildman–Crippen MR) is 99.5 cm³/mol. The highest BCUT2D eigenvalue weighted by Gasteiger charge is 2.15. The molecule has 0 bridgehead atoms. The van der Waals surface area contributed by atoms with E-state index < -0.39 is 0 Å². The number of hydrogen-bond donors (Lipinski definition) is 2. The van der Waals surface area contributed by atoms with Crippen molar-refractivity contribution in [2.24, 2.45) is 5.10 Å². The van der Waals surface area contributed by atoms with Crippen LogP contribution < -0.4 is 10.7 Å². The van der Waals surface area contributed by atoms with Crippen molar-refractivity contribution in [1.82, 2.24) is 10.7 Å². The van der Waals surface area contributed by atoms with Gasteiger partial charge in [0.1, 0.15) is 11.5 Å². The van der Waals surface area contributed by atoms with E-state index in [2.05, 4.69) is 15.8 Å². The second-order valence-electron chi connectivity index (χ2n) is 5.42. The van der Waals surface area contributed by atoms with E-state index in [4.69, 9.17) is 33.0 Å². The number of benzene rings is 1. The van der Waals surface area contributed by atoms with E-state index in [0.717, 1.165) is 30.8 Å². The number of nitrogens with zero attached hydrogens (tertiary/aromatic N) is 1. The molecule has 1 unspecified atom stereocenters. The van der Waals surface area contributed by atoms with Crippen LogP contribution in [0.5, 0.6) is 0 Å². The van der Waals surface area contributed by atoms with Crippen LogP contribution in [0.15, 0.2) is 45.9 Å². The molecule has 1 aliphatic rings. The second kappa shape index (κ2) is 8.28. The van der Waals surface area contributed by atoms with Crippen molar-refractivity contribution in [3.8, 4) is 11.3 Å². The van der Waals surface area contributed by atoms with E-state index in [1.54, 1.807) is 6.21 Å². The quantitative estimate of drug-likeness (QED) is 0.483. The Hall–Kier alpha value is -1.89. The van der Waals surface area contributed by atoms with Crippen molar-refractivity contribution >= 4 is 35.1 Å². The Morgan fingerprint density at radius 1 is 1.29 bits per heavy atom. The van der Waals surface area contributed by atoms with Gasteiger partial charge in [0.05, 0.1) is 12.3 Å². The first-order valence-electron chi connectivity index (χ1n) is 7.75. The van der Waals surface area contributed by atoms with Crippen molar-refractivity contribution in [3.05, 3.63) is 47.2 Å². The summed E-state index contributed by atoms with van der Waals surface area (Å²) in [5, 5.41) is 8.32. The van der Waals surface area contributed by atoms with Crippen LogP contribution in [-0.4, -0.2) is 30.6 Å². The Bertz CT molecular complexity index is 709. The number of thiocarbonyl (C=S) groups is 1. The highest BCUT2D eigenvalue weighted by molar-refractivity contribution is 7.80. The van der Waals surface area contributed by atoms with Crippen LogP contribution in [0.3, 0.4) is 0 Å². The molecular weight excluding hydrogens is 346 g/mol. The van der Waals surface area contributed by atoms with Gasteiger partial charge in [-0.05, 0) is 61.5 Å². The summed E-state index contributed by atoms with van der Waals surface area (Å²) >= 11 is 11.0. The molecule has 1 fully saturated rings. The molecule has 126 valence electrons. The third kappa shape index (κ3) is 4.80. The van der Waals surface area contributed by atoms with Crippen molar-refractivity contribution < 1.29 is 9.15 Å². The fourth-order valence-corrected chi connectivity index (χ4v) is 2.66. The number of hydrogen-bond acceptors (Lipinski definition) is 4. The Balaban J connectivity index is 1.48. The summed E-state index contributed by atoms with van der Waals surface area (Å²) in [5.74, 6) is 1.39. The maximum atomic E-state index is 5.88. The maximum absolute atomic E-state index is 5.88. The number of ether oxygens (including phenoxy) is 1. The molecule has 7 heteroatoms. The topological polar surface area (TPSA) is 58.8 Å². The van der Waals surface area contributed by atoms with Gasteiger partial charge in [-0.2, -0.15) is 5.10 Å². The molecule has 0 radical (unpaired) electrons. The van der Waals surface area contributed by atoms with E-state index >= 15 is 0 Å². The van der Waals surface area contributed by atoms with E-state index in [0.29, 0.717) is 22.4 Å². The number of furan rings is 1. The van der Waals surface area contributed by atoms with Crippen molar-refractivity contribution in [3.63, 3.8) is 0 Å². The average molecular weight is 364 g/mol. The minimum absolute atomic E-state index is 0.237. The Kier molecular flexibility index (Phi) is 5.85. The zero-order valence-corrected chi connectivity index (χ0v) is 14.6. The molecule has 0 aliphatic carbocycles. The average Bonchev–Trinajstić information content (AvgIpc) is 3.25. The zero-order valence-electron chi connectivity index (χ0n) is 13.0. The lowest BCUT2D eigenvalue weighted by molar-refractivity contribution is 0.114. The van der Waals surface area contributed by atoms with Crippen LogP contribution in [0.1, 0.15) is 18.6 Å². The zero-order chi connectivity index (χ0) is 16.8. The van der Waals surface area contributed by atoms with Gasteiger partial charge in [0.25, 0.3) is 0 Å². The Morgan fingerprint density at radius 3 is 2.88 bits per heavy atom. The molecule has 1 atom stereocenters. The fourth-order valence-electron chi connectivity index (χ4n) is 2.40. The van der Waals surface area contributed by atoms with Gasteiger partial charge < -0.3 is 14.5 Å². The molecule has 1 aromatic heterocycles. The van der Waals surface area contributed by atoms with Crippen LogP contribution >= 0.6 is 23.8 Å². The van der Waals surface area contributed by atoms with E-state index in [1.807, 2.05) is 36.4 Å². The smallest absolute Gasteiger partial charge is 0.187 e. The van der Waals surface area contributed by atoms with Crippen molar-refractivity contribution in [2.45, 2.75) is 18.9 Å². The second-order valence-corrected chi connectivity index (χ2v) is 6.27. The van der Waals surface area contributed by atoms with E-state index in [9.17, 15) is 0 Å². The molecular formula is C17H18ClN3O2S. The lowest BCUT2D eigenvalue weighted by Crippen LogP contribution is -2.37. The largest absolute Gasteiger partial charge is 0.455 e. The SMILES string of the molecule is S=C(NCC1CCCO1)N/N=C/c1ccc(-c2ccc(Cl)cc2)o1. The molecule has 0 amide bonds. The monoisotopic (exact) mass is 363 g/mol. The standard InChI is InChI=1S/C17H18ClN3O2S/c18-13-5-3-12(4-6-13)16-8-7-15(23-16)11-20-21-17(24)19-10-14-2-1-9-22-14/h3-8,11,14H,1-2,9-10H2,(H2,19,21,24)/b20-11+. The molecule has 24 heavy (non-hydrogen) atoms. The summed E-state index contributed by atoms with van der Waals surface area (Å²) in [7, 11) is 0. The van der Waals surface area contributed by atoms with Gasteiger partial charge in [0.2, 0.25) is 0 Å². The van der Waals surface area contributed by atoms with Gasteiger partial charge >= 0.3 is 0 Å². The van der Waals surface area contributed by atoms with Crippen molar-refractivity contribution in [2.75, 3.05) is 13.2 Å². The van der Waals surface area contributed by atoms with Gasteiger partial charge in [-0.25, -0.2) is 0 Å². The van der Waals surface area contributed by atoms with Crippen LogP contribution in [0, 0.1) is 0 Å². The molecule has 2 aromatic rings. The van der Waals surface area contributed by atoms with Crippen LogP contribution in [-0.2, 0) is 4.74 Å². The fraction of sp³-hybridized carbons (Fsp3) is 0.294. The van der Waals surface area contributed by atoms with Gasteiger partial charge in [-0.15, -0.1) is 0 Å². The lowest BCUT2D eigenvalue weighted by atomic mass is 10.2. The normalized spacial score (nSPS) is 17.3. The first kappa shape index (κ1) is 17.0. The van der Waals surface area contributed by atoms with Gasteiger partial charge in [-0.3, -0.25) is 5.43 Å². The highest BCUT2D eigenvalue weighted by Crippen LogP contribution is 2.23. The molecule has 2 N–H and O–H groups in total.